The average Bonchev–Trinajstić information content (AvgIpc) is 2.93. The van der Waals surface area contributed by atoms with Crippen LogP contribution in [0, 0.1) is 20.8 Å². The molecule has 0 bridgehead atoms. The number of benzene rings is 1. The third kappa shape index (κ3) is 7.61. The van der Waals surface area contributed by atoms with Crippen LogP contribution in [0.1, 0.15) is 41.5 Å². The first kappa shape index (κ1) is 25.4. The summed E-state index contributed by atoms with van der Waals surface area (Å²) < 4.78 is 28.7. The van der Waals surface area contributed by atoms with Gasteiger partial charge in [-0.25, -0.2) is 13.4 Å². The van der Waals surface area contributed by atoms with Crippen molar-refractivity contribution in [1.82, 2.24) is 15.8 Å². The molecule has 0 unspecified atom stereocenters. The Kier molecular flexibility index (Phi) is 10.1. The summed E-state index contributed by atoms with van der Waals surface area (Å²) in [5, 5.41) is 10.5. The second-order valence-corrected chi connectivity index (χ2v) is 8.88. The minimum Gasteiger partial charge on any atom is -0.361 e. The van der Waals surface area contributed by atoms with Gasteiger partial charge in [0.1, 0.15) is 5.76 Å². The first-order valence-corrected chi connectivity index (χ1v) is 11.3. The smallest absolute Gasteiger partial charge is 0.191 e. The molecule has 2 N–H and O–H groups in total. The summed E-state index contributed by atoms with van der Waals surface area (Å²) >= 11 is 0. The number of aryl methyl sites for hydroxylation is 3. The van der Waals surface area contributed by atoms with E-state index in [9.17, 15) is 8.42 Å². The lowest BCUT2D eigenvalue weighted by atomic mass is 10.1. The van der Waals surface area contributed by atoms with Crippen molar-refractivity contribution in [2.45, 2.75) is 52.0 Å². The lowest BCUT2D eigenvalue weighted by Gasteiger charge is -2.12. The van der Waals surface area contributed by atoms with Crippen molar-refractivity contribution in [2.24, 2.45) is 4.99 Å². The quantitative estimate of drug-likeness (QED) is 0.234. The molecule has 1 heterocycles. The Hall–Kier alpha value is -1.62. The Morgan fingerprint density at radius 2 is 1.93 bits per heavy atom. The zero-order valence-corrected chi connectivity index (χ0v) is 20.9. The van der Waals surface area contributed by atoms with Gasteiger partial charge in [-0.15, -0.1) is 24.0 Å². The van der Waals surface area contributed by atoms with E-state index in [-0.39, 0.29) is 24.0 Å². The van der Waals surface area contributed by atoms with Gasteiger partial charge in [0.25, 0.3) is 0 Å². The number of guanidine groups is 1. The molecule has 0 fully saturated rings. The summed E-state index contributed by atoms with van der Waals surface area (Å²) in [6.07, 6.45) is 3.07. The largest absolute Gasteiger partial charge is 0.361 e. The molecular formula is C20H31IN4O3S. The molecule has 1 aromatic carbocycles. The van der Waals surface area contributed by atoms with E-state index in [0.29, 0.717) is 11.4 Å². The fourth-order valence-electron chi connectivity index (χ4n) is 3.07. The molecule has 2 aromatic rings. The van der Waals surface area contributed by atoms with Crippen molar-refractivity contribution < 1.29 is 12.9 Å². The Morgan fingerprint density at radius 3 is 2.48 bits per heavy atom. The maximum Gasteiger partial charge on any atom is 0.191 e. The molecule has 0 saturated heterocycles. The molecule has 7 nitrogen and oxygen atoms in total. The van der Waals surface area contributed by atoms with E-state index < -0.39 is 9.84 Å². The third-order valence-corrected chi connectivity index (χ3v) is 5.74. The molecule has 0 radical (unpaired) electrons. The maximum atomic E-state index is 11.7. The Morgan fingerprint density at radius 1 is 1.21 bits per heavy atom. The number of halogens is 1. The zero-order valence-electron chi connectivity index (χ0n) is 17.7. The molecular weight excluding hydrogens is 503 g/mol. The molecule has 0 aliphatic heterocycles. The number of nitrogens with one attached hydrogen (secondary N) is 2. The fraction of sp³-hybridized carbons (Fsp3) is 0.500. The van der Waals surface area contributed by atoms with Gasteiger partial charge in [0, 0.05) is 24.9 Å². The van der Waals surface area contributed by atoms with E-state index >= 15 is 0 Å². The topological polar surface area (TPSA) is 96.6 Å². The Labute approximate surface area is 190 Å². The van der Waals surface area contributed by atoms with Crippen LogP contribution >= 0.6 is 24.0 Å². The molecule has 0 spiro atoms. The number of aliphatic imine (C=N–C) groups is 1. The van der Waals surface area contributed by atoms with E-state index in [0.717, 1.165) is 54.5 Å². The lowest BCUT2D eigenvalue weighted by molar-refractivity contribution is 0.392. The number of hydrogen-bond donors (Lipinski definition) is 2. The van der Waals surface area contributed by atoms with Gasteiger partial charge < -0.3 is 15.2 Å². The molecule has 0 amide bonds. The standard InChI is InChI=1S/C20H30N4O3S.HI/c1-6-21-20(22-11-7-8-18-15(3)24-27-16(18)4)23-13-17-9-10-19(14(2)12-17)28(5,25)26;/h9-10,12H,6-8,11,13H2,1-5H3,(H2,21,22,23);1H. The van der Waals surface area contributed by atoms with Crippen LogP contribution in [-0.2, 0) is 22.8 Å². The van der Waals surface area contributed by atoms with Gasteiger partial charge >= 0.3 is 0 Å². The van der Waals surface area contributed by atoms with Gasteiger partial charge in [-0.3, -0.25) is 0 Å². The summed E-state index contributed by atoms with van der Waals surface area (Å²) in [6, 6.07) is 5.34. The average molecular weight is 534 g/mol. The normalized spacial score (nSPS) is 11.8. The van der Waals surface area contributed by atoms with Crippen LogP contribution in [0.4, 0.5) is 0 Å². The first-order chi connectivity index (χ1) is 13.2. The summed E-state index contributed by atoms with van der Waals surface area (Å²) in [5.41, 5.74) is 3.83. The second-order valence-electron chi connectivity index (χ2n) is 6.90. The monoisotopic (exact) mass is 534 g/mol. The first-order valence-electron chi connectivity index (χ1n) is 9.46. The van der Waals surface area contributed by atoms with Crippen LogP contribution in [0.15, 0.2) is 32.6 Å². The van der Waals surface area contributed by atoms with E-state index in [2.05, 4.69) is 20.8 Å². The van der Waals surface area contributed by atoms with Gasteiger partial charge in [-0.1, -0.05) is 17.3 Å². The van der Waals surface area contributed by atoms with Crippen molar-refractivity contribution in [2.75, 3.05) is 19.3 Å². The maximum absolute atomic E-state index is 11.7. The Balaban J connectivity index is 0.00000420. The highest BCUT2D eigenvalue weighted by Gasteiger charge is 2.11. The Bertz CT molecular complexity index is 920. The molecule has 29 heavy (non-hydrogen) atoms. The SMILES string of the molecule is CCNC(=NCc1ccc(S(C)(=O)=O)c(C)c1)NCCCc1c(C)noc1C.I. The van der Waals surface area contributed by atoms with Crippen molar-refractivity contribution in [3.05, 3.63) is 46.3 Å². The van der Waals surface area contributed by atoms with Crippen molar-refractivity contribution >= 4 is 39.8 Å². The minimum absolute atomic E-state index is 0. The predicted octanol–water partition coefficient (Wildman–Crippen LogP) is 3.31. The van der Waals surface area contributed by atoms with Crippen LogP contribution in [0.3, 0.4) is 0 Å². The van der Waals surface area contributed by atoms with Gasteiger partial charge in [0.2, 0.25) is 0 Å². The molecule has 162 valence electrons. The summed E-state index contributed by atoms with van der Waals surface area (Å²) in [4.78, 5) is 4.97. The van der Waals surface area contributed by atoms with E-state index in [1.165, 1.54) is 11.8 Å². The number of hydrogen-bond acceptors (Lipinski definition) is 5. The minimum atomic E-state index is -3.20. The number of nitrogens with zero attached hydrogens (tertiary/aromatic N) is 2. The highest BCUT2D eigenvalue weighted by Crippen LogP contribution is 2.17. The zero-order chi connectivity index (χ0) is 20.7. The van der Waals surface area contributed by atoms with Gasteiger partial charge in [0.05, 0.1) is 17.1 Å². The van der Waals surface area contributed by atoms with Crippen molar-refractivity contribution in [3.8, 4) is 0 Å². The highest BCUT2D eigenvalue weighted by molar-refractivity contribution is 14.0. The van der Waals surface area contributed by atoms with Crippen LogP contribution in [-0.4, -0.2) is 38.9 Å². The predicted molar refractivity (Wildman–Crippen MR) is 127 cm³/mol. The van der Waals surface area contributed by atoms with Crippen LogP contribution in [0.5, 0.6) is 0 Å². The molecule has 1 aromatic heterocycles. The molecule has 9 heteroatoms. The molecule has 2 rings (SSSR count). The fourth-order valence-corrected chi connectivity index (χ4v) is 4.03. The van der Waals surface area contributed by atoms with Crippen molar-refractivity contribution in [3.63, 3.8) is 0 Å². The lowest BCUT2D eigenvalue weighted by Crippen LogP contribution is -2.37. The summed E-state index contributed by atoms with van der Waals surface area (Å²) in [6.45, 7) is 9.74. The molecule has 0 aliphatic carbocycles. The third-order valence-electron chi connectivity index (χ3n) is 4.48. The second kappa shape index (κ2) is 11.5. The summed E-state index contributed by atoms with van der Waals surface area (Å²) in [5.74, 6) is 1.62. The summed E-state index contributed by atoms with van der Waals surface area (Å²) in [7, 11) is -3.20. The van der Waals surface area contributed by atoms with E-state index in [4.69, 9.17) is 4.52 Å². The van der Waals surface area contributed by atoms with Gasteiger partial charge in [-0.05, 0) is 57.7 Å². The van der Waals surface area contributed by atoms with Crippen LogP contribution in [0.25, 0.3) is 0 Å². The highest BCUT2D eigenvalue weighted by atomic mass is 127. The van der Waals surface area contributed by atoms with Gasteiger partial charge in [-0.2, -0.15) is 0 Å². The number of rotatable bonds is 8. The van der Waals surface area contributed by atoms with E-state index in [1.807, 2.05) is 39.8 Å². The van der Waals surface area contributed by atoms with Gasteiger partial charge in [0.15, 0.2) is 15.8 Å². The number of aromatic nitrogens is 1. The van der Waals surface area contributed by atoms with Crippen LogP contribution in [0.2, 0.25) is 0 Å². The molecule has 0 aliphatic rings. The molecule has 0 atom stereocenters. The van der Waals surface area contributed by atoms with E-state index in [1.54, 1.807) is 6.07 Å². The van der Waals surface area contributed by atoms with Crippen molar-refractivity contribution in [1.29, 1.82) is 0 Å². The molecule has 0 saturated carbocycles. The van der Waals surface area contributed by atoms with Crippen LogP contribution < -0.4 is 10.6 Å². The number of sulfone groups is 1.